The van der Waals surface area contributed by atoms with Crippen LogP contribution >= 0.6 is 0 Å². The first kappa shape index (κ1) is 17.3. The van der Waals surface area contributed by atoms with Crippen molar-refractivity contribution < 1.29 is 19.7 Å². The molecule has 0 aliphatic carbocycles. The smallest absolute Gasteiger partial charge is 0.271 e. The van der Waals surface area contributed by atoms with Crippen molar-refractivity contribution in [1.82, 2.24) is 5.43 Å². The molecule has 3 N–H and O–H groups in total. The number of aromatic hydroxyl groups is 2. The predicted molar refractivity (Wildman–Crippen MR) is 91.7 cm³/mol. The van der Waals surface area contributed by atoms with Crippen molar-refractivity contribution in [2.75, 3.05) is 6.61 Å². The van der Waals surface area contributed by atoms with Crippen molar-refractivity contribution in [1.29, 1.82) is 0 Å². The van der Waals surface area contributed by atoms with Crippen LogP contribution in [0.2, 0.25) is 0 Å². The van der Waals surface area contributed by atoms with Crippen LogP contribution < -0.4 is 10.2 Å². The maximum absolute atomic E-state index is 12.1. The van der Waals surface area contributed by atoms with Crippen molar-refractivity contribution in [3.8, 4) is 17.2 Å². The predicted octanol–water partition coefficient (Wildman–Crippen LogP) is 3.04. The lowest BCUT2D eigenvalue weighted by Crippen LogP contribution is -2.19. The van der Waals surface area contributed by atoms with Gasteiger partial charge in [0, 0.05) is 5.56 Å². The fourth-order valence-corrected chi connectivity index (χ4v) is 2.08. The van der Waals surface area contributed by atoms with Gasteiger partial charge in [0.15, 0.2) is 0 Å². The lowest BCUT2D eigenvalue weighted by molar-refractivity contribution is 0.0954. The first-order chi connectivity index (χ1) is 11.5. The Morgan fingerprint density at radius 1 is 1.12 bits per heavy atom. The normalized spacial score (nSPS) is 11.2. The molecule has 0 unspecified atom stereocenters. The highest BCUT2D eigenvalue weighted by Crippen LogP contribution is 2.26. The van der Waals surface area contributed by atoms with Gasteiger partial charge in [-0.15, -0.1) is 0 Å². The molecule has 2 rings (SSSR count). The Morgan fingerprint density at radius 2 is 1.75 bits per heavy atom. The number of nitrogens with zero attached hydrogens (tertiary/aromatic N) is 1. The molecule has 2 aromatic rings. The van der Waals surface area contributed by atoms with E-state index < -0.39 is 5.91 Å². The number of hydrazone groups is 1. The summed E-state index contributed by atoms with van der Waals surface area (Å²) >= 11 is 0. The van der Waals surface area contributed by atoms with Crippen LogP contribution in [0.5, 0.6) is 17.2 Å². The summed E-state index contributed by atoms with van der Waals surface area (Å²) in [6, 6.07) is 11.1. The quantitative estimate of drug-likeness (QED) is 0.561. The summed E-state index contributed by atoms with van der Waals surface area (Å²) < 4.78 is 5.46. The van der Waals surface area contributed by atoms with Crippen LogP contribution in [0.25, 0.3) is 0 Å². The van der Waals surface area contributed by atoms with E-state index in [2.05, 4.69) is 10.5 Å². The molecule has 0 radical (unpaired) electrons. The van der Waals surface area contributed by atoms with Crippen molar-refractivity contribution in [2.45, 2.75) is 20.3 Å². The average molecular weight is 328 g/mol. The molecular weight excluding hydrogens is 308 g/mol. The molecule has 0 fully saturated rings. The Labute approximate surface area is 140 Å². The summed E-state index contributed by atoms with van der Waals surface area (Å²) in [4.78, 5) is 12.1. The molecule has 0 spiro atoms. The van der Waals surface area contributed by atoms with Crippen LogP contribution in [-0.2, 0) is 0 Å². The molecule has 0 aliphatic heterocycles. The Bertz CT molecular complexity index is 719. The SMILES string of the molecule is CCCOc1ccc(C(=O)N/N=C(\C)c2c(O)cccc2O)cc1. The molecule has 24 heavy (non-hydrogen) atoms. The minimum Gasteiger partial charge on any atom is -0.507 e. The topological polar surface area (TPSA) is 91.2 Å². The maximum atomic E-state index is 12.1. The van der Waals surface area contributed by atoms with Crippen molar-refractivity contribution in [3.05, 3.63) is 53.6 Å². The maximum Gasteiger partial charge on any atom is 0.271 e. The van der Waals surface area contributed by atoms with Crippen LogP contribution in [0.4, 0.5) is 0 Å². The third kappa shape index (κ3) is 4.25. The highest BCUT2D eigenvalue weighted by molar-refractivity contribution is 6.04. The van der Waals surface area contributed by atoms with Gasteiger partial charge in [-0.3, -0.25) is 4.79 Å². The minimum absolute atomic E-state index is 0.108. The van der Waals surface area contributed by atoms with Gasteiger partial charge in [-0.25, -0.2) is 5.43 Å². The number of phenolic OH excluding ortho intramolecular Hbond substituents is 2. The molecule has 6 heteroatoms. The molecule has 0 heterocycles. The van der Waals surface area contributed by atoms with E-state index in [0.29, 0.717) is 23.6 Å². The van der Waals surface area contributed by atoms with Gasteiger partial charge in [-0.2, -0.15) is 5.10 Å². The van der Waals surface area contributed by atoms with Crippen LogP contribution in [0.3, 0.4) is 0 Å². The zero-order chi connectivity index (χ0) is 17.5. The fourth-order valence-electron chi connectivity index (χ4n) is 2.08. The van der Waals surface area contributed by atoms with Crippen LogP contribution in [0.1, 0.15) is 36.2 Å². The van der Waals surface area contributed by atoms with Crippen molar-refractivity contribution in [2.24, 2.45) is 5.10 Å². The molecule has 0 atom stereocenters. The second kappa shape index (κ2) is 8.01. The monoisotopic (exact) mass is 328 g/mol. The van der Waals surface area contributed by atoms with Gasteiger partial charge in [0.05, 0.1) is 17.9 Å². The highest BCUT2D eigenvalue weighted by Gasteiger charge is 2.11. The summed E-state index contributed by atoms with van der Waals surface area (Å²) in [5.41, 5.74) is 3.30. The largest absolute Gasteiger partial charge is 0.507 e. The van der Waals surface area contributed by atoms with E-state index in [1.807, 2.05) is 6.92 Å². The molecular formula is C18H20N2O4. The second-order valence-corrected chi connectivity index (χ2v) is 5.18. The molecule has 6 nitrogen and oxygen atoms in total. The standard InChI is InChI=1S/C18H20N2O4/c1-3-11-24-14-9-7-13(8-10-14)18(23)20-19-12(2)17-15(21)5-4-6-16(17)22/h4-10,21-22H,3,11H2,1-2H3,(H,20,23)/b19-12+. The van der Waals surface area contributed by atoms with Crippen molar-refractivity contribution >= 4 is 11.6 Å². The molecule has 0 bridgehead atoms. The zero-order valence-electron chi connectivity index (χ0n) is 13.6. The average Bonchev–Trinajstić information content (AvgIpc) is 2.58. The number of phenols is 2. The number of hydrogen-bond acceptors (Lipinski definition) is 5. The third-order valence-electron chi connectivity index (χ3n) is 3.30. The lowest BCUT2D eigenvalue weighted by Gasteiger charge is -2.08. The van der Waals surface area contributed by atoms with Crippen LogP contribution in [0, 0.1) is 0 Å². The number of benzene rings is 2. The number of rotatable bonds is 6. The van der Waals surface area contributed by atoms with Gasteiger partial charge in [-0.1, -0.05) is 13.0 Å². The summed E-state index contributed by atoms with van der Waals surface area (Å²) in [5, 5.41) is 23.5. The lowest BCUT2D eigenvalue weighted by atomic mass is 10.1. The van der Waals surface area contributed by atoms with E-state index in [1.54, 1.807) is 31.2 Å². The number of nitrogens with one attached hydrogen (secondary N) is 1. The van der Waals surface area contributed by atoms with Gasteiger partial charge in [-0.05, 0) is 49.7 Å². The number of ether oxygens (including phenoxy) is 1. The summed E-state index contributed by atoms with van der Waals surface area (Å²) in [6.07, 6.45) is 0.912. The Morgan fingerprint density at radius 3 is 2.33 bits per heavy atom. The van der Waals surface area contributed by atoms with Gasteiger partial charge in [0.1, 0.15) is 17.2 Å². The van der Waals surface area contributed by atoms with Gasteiger partial charge >= 0.3 is 0 Å². The molecule has 0 aromatic heterocycles. The van der Waals surface area contributed by atoms with Gasteiger partial charge in [0.2, 0.25) is 0 Å². The van der Waals surface area contributed by atoms with Crippen molar-refractivity contribution in [3.63, 3.8) is 0 Å². The summed E-state index contributed by atoms with van der Waals surface area (Å²) in [5.74, 6) is 0.0874. The zero-order valence-corrected chi connectivity index (χ0v) is 13.6. The first-order valence-electron chi connectivity index (χ1n) is 7.61. The molecule has 1 amide bonds. The Kier molecular flexibility index (Phi) is 5.78. The van der Waals surface area contributed by atoms with E-state index in [0.717, 1.165) is 6.42 Å². The molecule has 2 aromatic carbocycles. The number of hydrogen-bond donors (Lipinski definition) is 3. The second-order valence-electron chi connectivity index (χ2n) is 5.18. The highest BCUT2D eigenvalue weighted by atomic mass is 16.5. The Hall–Kier alpha value is -3.02. The number of carbonyl (C=O) groups excluding carboxylic acids is 1. The van der Waals surface area contributed by atoms with E-state index in [1.165, 1.54) is 18.2 Å². The molecule has 126 valence electrons. The molecule has 0 aliphatic rings. The van der Waals surface area contributed by atoms with E-state index >= 15 is 0 Å². The summed E-state index contributed by atoms with van der Waals surface area (Å²) in [6.45, 7) is 4.22. The summed E-state index contributed by atoms with van der Waals surface area (Å²) in [7, 11) is 0. The van der Waals surface area contributed by atoms with E-state index in [9.17, 15) is 15.0 Å². The minimum atomic E-state index is -0.397. The third-order valence-corrected chi connectivity index (χ3v) is 3.30. The first-order valence-corrected chi connectivity index (χ1v) is 7.61. The van der Waals surface area contributed by atoms with Gasteiger partial charge in [0.25, 0.3) is 5.91 Å². The fraction of sp³-hybridized carbons (Fsp3) is 0.222. The van der Waals surface area contributed by atoms with Gasteiger partial charge < -0.3 is 14.9 Å². The number of amides is 1. The molecule has 0 saturated heterocycles. The van der Waals surface area contributed by atoms with E-state index in [4.69, 9.17) is 4.74 Å². The number of carbonyl (C=O) groups is 1. The molecule has 0 saturated carbocycles. The van der Waals surface area contributed by atoms with Crippen LogP contribution in [-0.4, -0.2) is 28.4 Å². The van der Waals surface area contributed by atoms with Crippen LogP contribution in [0.15, 0.2) is 47.6 Å². The Balaban J connectivity index is 2.06. The van der Waals surface area contributed by atoms with E-state index in [-0.39, 0.29) is 17.1 Å².